The molecule has 1 N–H and O–H groups in total. The number of nitrogens with one attached hydrogen (secondary N) is 1. The van der Waals surface area contributed by atoms with Gasteiger partial charge < -0.3 is 10.2 Å². The molecule has 0 aliphatic rings. The lowest BCUT2D eigenvalue weighted by atomic mass is 10.1. The Labute approximate surface area is 201 Å². The molecular weight excluding hydrogens is 462 g/mol. The van der Waals surface area contributed by atoms with Crippen LogP contribution in [0.3, 0.4) is 0 Å². The Morgan fingerprint density at radius 3 is 2.30 bits per heavy atom. The van der Waals surface area contributed by atoms with Gasteiger partial charge in [0.05, 0.1) is 11.9 Å². The molecule has 0 radical (unpaired) electrons. The highest BCUT2D eigenvalue weighted by atomic mass is 35.5. The van der Waals surface area contributed by atoms with Crippen LogP contribution >= 0.6 is 11.6 Å². The van der Waals surface area contributed by atoms with Crippen LogP contribution in [0, 0.1) is 12.8 Å². The van der Waals surface area contributed by atoms with Gasteiger partial charge >= 0.3 is 0 Å². The van der Waals surface area contributed by atoms with Crippen molar-refractivity contribution in [1.82, 2.24) is 10.2 Å². The third kappa shape index (κ3) is 7.75. The zero-order valence-electron chi connectivity index (χ0n) is 19.7. The van der Waals surface area contributed by atoms with Crippen molar-refractivity contribution in [1.29, 1.82) is 0 Å². The molecule has 2 aromatic rings. The Hall–Kier alpha value is -2.58. The number of halogens is 1. The molecule has 0 fully saturated rings. The maximum absolute atomic E-state index is 13.5. The van der Waals surface area contributed by atoms with E-state index in [1.165, 1.54) is 11.0 Å². The van der Waals surface area contributed by atoms with Gasteiger partial charge in [0.2, 0.25) is 21.8 Å². The van der Waals surface area contributed by atoms with Gasteiger partial charge in [-0.1, -0.05) is 55.8 Å². The van der Waals surface area contributed by atoms with E-state index in [2.05, 4.69) is 5.32 Å². The fourth-order valence-electron chi connectivity index (χ4n) is 3.25. The summed E-state index contributed by atoms with van der Waals surface area (Å²) in [4.78, 5) is 27.7. The average molecular weight is 494 g/mol. The molecule has 2 amide bonds. The highest BCUT2D eigenvalue weighted by molar-refractivity contribution is 7.92. The molecule has 0 saturated carbocycles. The number of nitrogens with zero attached hydrogens (tertiary/aromatic N) is 2. The van der Waals surface area contributed by atoms with Gasteiger partial charge in [0.25, 0.3) is 0 Å². The Bertz CT molecular complexity index is 1090. The molecule has 33 heavy (non-hydrogen) atoms. The highest BCUT2D eigenvalue weighted by Gasteiger charge is 2.30. The lowest BCUT2D eigenvalue weighted by Crippen LogP contribution is -2.51. The summed E-state index contributed by atoms with van der Waals surface area (Å²) in [6, 6.07) is 13.1. The fourth-order valence-corrected chi connectivity index (χ4v) is 4.28. The van der Waals surface area contributed by atoms with Crippen molar-refractivity contribution >= 4 is 39.1 Å². The number of hydrogen-bond donors (Lipinski definition) is 1. The summed E-state index contributed by atoms with van der Waals surface area (Å²) in [7, 11) is -3.79. The van der Waals surface area contributed by atoms with Gasteiger partial charge in [0.15, 0.2) is 0 Å². The van der Waals surface area contributed by atoms with Crippen molar-refractivity contribution in [2.75, 3.05) is 23.7 Å². The van der Waals surface area contributed by atoms with E-state index in [1.807, 2.05) is 45.0 Å². The van der Waals surface area contributed by atoms with Crippen molar-refractivity contribution in [3.05, 3.63) is 64.7 Å². The summed E-state index contributed by atoms with van der Waals surface area (Å²) in [5, 5.41) is 3.21. The van der Waals surface area contributed by atoms with Crippen LogP contribution in [0.4, 0.5) is 5.69 Å². The van der Waals surface area contributed by atoms with Gasteiger partial charge in [0.1, 0.15) is 12.6 Å². The van der Waals surface area contributed by atoms with Gasteiger partial charge in [-0.2, -0.15) is 0 Å². The number of anilines is 1. The number of carbonyl (C=O) groups excluding carboxylic acids is 2. The summed E-state index contributed by atoms with van der Waals surface area (Å²) in [5.41, 5.74) is 2.13. The van der Waals surface area contributed by atoms with Gasteiger partial charge in [-0.3, -0.25) is 13.9 Å². The van der Waals surface area contributed by atoms with E-state index in [4.69, 9.17) is 11.6 Å². The van der Waals surface area contributed by atoms with Crippen LogP contribution in [0.15, 0.2) is 48.5 Å². The maximum atomic E-state index is 13.5. The van der Waals surface area contributed by atoms with Crippen molar-refractivity contribution in [3.63, 3.8) is 0 Å². The van der Waals surface area contributed by atoms with Crippen LogP contribution in [0.1, 0.15) is 31.9 Å². The Kier molecular flexibility index (Phi) is 9.31. The standard InChI is InChI=1S/C24H32ClN3O4S/c1-17(2)14-26-24(30)19(4)27(15-20-10-7-6-9-18(20)3)23(29)16-28(33(5,31)32)22-12-8-11-21(25)13-22/h6-13,17,19H,14-16H2,1-5H3,(H,26,30)/t19-/m0/s1. The number of amides is 2. The summed E-state index contributed by atoms with van der Waals surface area (Å²) in [6.07, 6.45) is 1.03. The van der Waals surface area contributed by atoms with Gasteiger partial charge in [-0.15, -0.1) is 0 Å². The molecule has 0 spiro atoms. The molecule has 9 heteroatoms. The van der Waals surface area contributed by atoms with E-state index in [9.17, 15) is 18.0 Å². The second kappa shape index (κ2) is 11.5. The first-order chi connectivity index (χ1) is 15.4. The third-order valence-corrected chi connectivity index (χ3v) is 6.60. The largest absolute Gasteiger partial charge is 0.354 e. The number of benzene rings is 2. The predicted molar refractivity (Wildman–Crippen MR) is 133 cm³/mol. The molecule has 0 aliphatic heterocycles. The first kappa shape index (κ1) is 26.7. The van der Waals surface area contributed by atoms with Crippen LogP contribution in [0.5, 0.6) is 0 Å². The number of carbonyl (C=O) groups is 2. The van der Waals surface area contributed by atoms with Crippen molar-refractivity contribution in [2.24, 2.45) is 5.92 Å². The molecular formula is C24H32ClN3O4S. The van der Waals surface area contributed by atoms with Crippen molar-refractivity contribution in [2.45, 2.75) is 40.3 Å². The molecule has 1 atom stereocenters. The molecule has 0 unspecified atom stereocenters. The molecule has 180 valence electrons. The second-order valence-corrected chi connectivity index (χ2v) is 10.9. The summed E-state index contributed by atoms with van der Waals surface area (Å²) < 4.78 is 26.1. The number of hydrogen-bond acceptors (Lipinski definition) is 4. The Morgan fingerprint density at radius 2 is 1.73 bits per heavy atom. The minimum absolute atomic E-state index is 0.176. The van der Waals surface area contributed by atoms with E-state index in [0.717, 1.165) is 21.7 Å². The maximum Gasteiger partial charge on any atom is 0.244 e. The second-order valence-electron chi connectivity index (χ2n) is 8.51. The fraction of sp³-hybridized carbons (Fsp3) is 0.417. The average Bonchev–Trinajstić information content (AvgIpc) is 2.73. The lowest BCUT2D eigenvalue weighted by molar-refractivity contribution is -0.139. The molecule has 0 aliphatic carbocycles. The SMILES string of the molecule is Cc1ccccc1CN(C(=O)CN(c1cccc(Cl)c1)S(C)(=O)=O)[C@@H](C)C(=O)NCC(C)C. The van der Waals surface area contributed by atoms with Crippen LogP contribution < -0.4 is 9.62 Å². The van der Waals surface area contributed by atoms with Crippen LogP contribution in [-0.4, -0.2) is 50.5 Å². The van der Waals surface area contributed by atoms with Crippen LogP contribution in [-0.2, 0) is 26.2 Å². The topological polar surface area (TPSA) is 86.8 Å². The zero-order valence-corrected chi connectivity index (χ0v) is 21.3. The molecule has 2 rings (SSSR count). The van der Waals surface area contributed by atoms with E-state index in [-0.39, 0.29) is 24.1 Å². The summed E-state index contributed by atoms with van der Waals surface area (Å²) >= 11 is 6.05. The Balaban J connectivity index is 2.38. The summed E-state index contributed by atoms with van der Waals surface area (Å²) in [5.74, 6) is -0.527. The smallest absolute Gasteiger partial charge is 0.244 e. The number of aryl methyl sites for hydroxylation is 1. The molecule has 0 bridgehead atoms. The molecule has 2 aromatic carbocycles. The zero-order chi connectivity index (χ0) is 24.8. The normalized spacial score (nSPS) is 12.3. The van der Waals surface area contributed by atoms with Crippen molar-refractivity contribution in [3.8, 4) is 0 Å². The molecule has 0 saturated heterocycles. The van der Waals surface area contributed by atoms with E-state index < -0.39 is 28.5 Å². The molecule has 0 heterocycles. The van der Waals surface area contributed by atoms with Crippen LogP contribution in [0.2, 0.25) is 5.02 Å². The molecule has 0 aromatic heterocycles. The monoisotopic (exact) mass is 493 g/mol. The minimum atomic E-state index is -3.79. The first-order valence-electron chi connectivity index (χ1n) is 10.7. The van der Waals surface area contributed by atoms with Crippen LogP contribution in [0.25, 0.3) is 0 Å². The van der Waals surface area contributed by atoms with Gasteiger partial charge in [-0.05, 0) is 49.1 Å². The first-order valence-corrected chi connectivity index (χ1v) is 13.0. The number of rotatable bonds is 10. The molecule has 7 nitrogen and oxygen atoms in total. The highest BCUT2D eigenvalue weighted by Crippen LogP contribution is 2.23. The van der Waals surface area contributed by atoms with Crippen molar-refractivity contribution < 1.29 is 18.0 Å². The van der Waals surface area contributed by atoms with E-state index in [0.29, 0.717) is 11.6 Å². The Morgan fingerprint density at radius 1 is 1.06 bits per heavy atom. The predicted octanol–water partition coefficient (Wildman–Crippen LogP) is 3.60. The lowest BCUT2D eigenvalue weighted by Gasteiger charge is -2.32. The van der Waals surface area contributed by atoms with Gasteiger partial charge in [0, 0.05) is 18.1 Å². The van der Waals surface area contributed by atoms with Gasteiger partial charge in [-0.25, -0.2) is 8.42 Å². The third-order valence-electron chi connectivity index (χ3n) is 5.23. The van der Waals surface area contributed by atoms with E-state index in [1.54, 1.807) is 25.1 Å². The summed E-state index contributed by atoms with van der Waals surface area (Å²) in [6.45, 7) is 7.74. The quantitative estimate of drug-likeness (QED) is 0.547. The minimum Gasteiger partial charge on any atom is -0.354 e. The van der Waals surface area contributed by atoms with E-state index >= 15 is 0 Å². The number of sulfonamides is 1.